The molecule has 120 valence electrons. The zero-order valence-electron chi connectivity index (χ0n) is 11.9. The minimum absolute atomic E-state index is 0.0428. The molecule has 0 aliphatic heterocycles. The van der Waals surface area contributed by atoms with Crippen LogP contribution in [0.25, 0.3) is 0 Å². The van der Waals surface area contributed by atoms with E-state index in [1.165, 1.54) is 36.4 Å². The molecule has 2 amide bonds. The number of aliphatic hydroxyl groups is 1. The number of halogens is 2. The summed E-state index contributed by atoms with van der Waals surface area (Å²) in [5.41, 5.74) is 6.07. The van der Waals surface area contributed by atoms with Crippen molar-refractivity contribution in [2.45, 2.75) is 6.04 Å². The molecule has 0 aliphatic rings. The van der Waals surface area contributed by atoms with Gasteiger partial charge in [0.1, 0.15) is 5.82 Å². The molecule has 0 saturated carbocycles. The van der Waals surface area contributed by atoms with Crippen LogP contribution in [0.5, 0.6) is 0 Å². The lowest BCUT2D eigenvalue weighted by Crippen LogP contribution is -2.30. The molecule has 23 heavy (non-hydrogen) atoms. The van der Waals surface area contributed by atoms with Crippen molar-refractivity contribution in [2.75, 3.05) is 6.61 Å². The van der Waals surface area contributed by atoms with Gasteiger partial charge in [0.05, 0.1) is 17.7 Å². The van der Waals surface area contributed by atoms with E-state index in [1.807, 2.05) is 0 Å². The molecule has 4 N–H and O–H groups in total. The lowest BCUT2D eigenvalue weighted by atomic mass is 10.1. The fraction of sp³-hybridized carbons (Fsp3) is 0.125. The van der Waals surface area contributed by atoms with Crippen LogP contribution in [-0.2, 0) is 0 Å². The molecule has 0 aromatic heterocycles. The third-order valence-corrected chi connectivity index (χ3v) is 3.57. The molecule has 7 heteroatoms. The second kappa shape index (κ2) is 7.21. The van der Waals surface area contributed by atoms with Crippen LogP contribution >= 0.6 is 11.6 Å². The van der Waals surface area contributed by atoms with Crippen LogP contribution in [0, 0.1) is 5.82 Å². The van der Waals surface area contributed by atoms with E-state index in [1.54, 1.807) is 0 Å². The van der Waals surface area contributed by atoms with Crippen LogP contribution in [-0.4, -0.2) is 23.5 Å². The van der Waals surface area contributed by atoms with E-state index in [4.69, 9.17) is 17.3 Å². The standard InChI is InChI=1S/C16H14ClFN2O3/c17-12-6-5-11(7-13(12)18)14(8-21)20-16(23)10-3-1-9(2-4-10)15(19)22/h1-7,14,21H,8H2,(H2,19,22)(H,20,23). The Kier molecular flexibility index (Phi) is 5.31. The number of nitrogens with one attached hydrogen (secondary N) is 1. The minimum atomic E-state index is -0.787. The quantitative estimate of drug-likeness (QED) is 0.780. The molecular formula is C16H14ClFN2O3. The van der Waals surface area contributed by atoms with E-state index < -0.39 is 30.3 Å². The highest BCUT2D eigenvalue weighted by Crippen LogP contribution is 2.20. The van der Waals surface area contributed by atoms with E-state index in [-0.39, 0.29) is 16.1 Å². The molecule has 0 aliphatic carbocycles. The van der Waals surface area contributed by atoms with Gasteiger partial charge in [0.15, 0.2) is 0 Å². The predicted molar refractivity (Wildman–Crippen MR) is 83.7 cm³/mol. The van der Waals surface area contributed by atoms with E-state index in [0.717, 1.165) is 6.07 Å². The van der Waals surface area contributed by atoms with Gasteiger partial charge in [-0.15, -0.1) is 0 Å². The average Bonchev–Trinajstić information content (AvgIpc) is 2.55. The van der Waals surface area contributed by atoms with Gasteiger partial charge in [-0.25, -0.2) is 4.39 Å². The van der Waals surface area contributed by atoms with Crippen molar-refractivity contribution in [1.29, 1.82) is 0 Å². The zero-order chi connectivity index (χ0) is 17.0. The number of amides is 2. The Balaban J connectivity index is 2.15. The molecule has 2 rings (SSSR count). The Morgan fingerprint density at radius 2 is 1.78 bits per heavy atom. The van der Waals surface area contributed by atoms with Crippen molar-refractivity contribution in [1.82, 2.24) is 5.32 Å². The molecule has 0 saturated heterocycles. The van der Waals surface area contributed by atoms with Crippen LogP contribution in [0.4, 0.5) is 4.39 Å². The van der Waals surface area contributed by atoms with E-state index >= 15 is 0 Å². The van der Waals surface area contributed by atoms with E-state index in [9.17, 15) is 19.1 Å². The first-order valence-electron chi connectivity index (χ1n) is 6.69. The maximum atomic E-state index is 13.5. The van der Waals surface area contributed by atoms with Crippen LogP contribution in [0.1, 0.15) is 32.3 Å². The summed E-state index contributed by atoms with van der Waals surface area (Å²) in [6.07, 6.45) is 0. The molecule has 2 aromatic rings. The smallest absolute Gasteiger partial charge is 0.251 e. The number of benzene rings is 2. The summed E-state index contributed by atoms with van der Waals surface area (Å²) in [4.78, 5) is 23.2. The fourth-order valence-corrected chi connectivity index (χ4v) is 2.11. The van der Waals surface area contributed by atoms with Gasteiger partial charge in [-0.05, 0) is 42.0 Å². The number of primary amides is 1. The van der Waals surface area contributed by atoms with Crippen LogP contribution < -0.4 is 11.1 Å². The van der Waals surface area contributed by atoms with Crippen LogP contribution in [0.2, 0.25) is 5.02 Å². The summed E-state index contributed by atoms with van der Waals surface area (Å²) < 4.78 is 13.5. The van der Waals surface area contributed by atoms with Gasteiger partial charge >= 0.3 is 0 Å². The number of carbonyl (C=O) groups is 2. The SMILES string of the molecule is NC(=O)c1ccc(C(=O)NC(CO)c2ccc(Cl)c(F)c2)cc1. The summed E-state index contributed by atoms with van der Waals surface area (Å²) in [6.45, 7) is -0.411. The first-order chi connectivity index (χ1) is 10.9. The number of aliphatic hydroxyl groups excluding tert-OH is 1. The third-order valence-electron chi connectivity index (χ3n) is 3.27. The largest absolute Gasteiger partial charge is 0.394 e. The van der Waals surface area contributed by atoms with Gasteiger partial charge < -0.3 is 16.2 Å². The Labute approximate surface area is 136 Å². The average molecular weight is 337 g/mol. The third kappa shape index (κ3) is 4.06. The second-order valence-electron chi connectivity index (χ2n) is 4.82. The van der Waals surface area contributed by atoms with Crippen molar-refractivity contribution >= 4 is 23.4 Å². The highest BCUT2D eigenvalue weighted by molar-refractivity contribution is 6.30. The first kappa shape index (κ1) is 16.9. The zero-order valence-corrected chi connectivity index (χ0v) is 12.7. The number of rotatable bonds is 5. The van der Waals surface area contributed by atoms with Crippen molar-refractivity contribution in [3.63, 3.8) is 0 Å². The molecule has 0 fully saturated rings. The van der Waals surface area contributed by atoms with Gasteiger partial charge in [0.2, 0.25) is 5.91 Å². The highest BCUT2D eigenvalue weighted by Gasteiger charge is 2.16. The van der Waals surface area contributed by atoms with E-state index in [0.29, 0.717) is 5.56 Å². The normalized spacial score (nSPS) is 11.8. The Bertz CT molecular complexity index is 735. The fourth-order valence-electron chi connectivity index (χ4n) is 1.99. The number of carbonyl (C=O) groups excluding carboxylic acids is 2. The first-order valence-corrected chi connectivity index (χ1v) is 7.06. The van der Waals surface area contributed by atoms with Crippen LogP contribution in [0.3, 0.4) is 0 Å². The molecule has 0 heterocycles. The number of hydrogen-bond acceptors (Lipinski definition) is 3. The Morgan fingerprint density at radius 3 is 2.30 bits per heavy atom. The summed E-state index contributed by atoms with van der Waals surface area (Å²) in [6, 6.07) is 8.95. The van der Waals surface area contributed by atoms with Crippen molar-refractivity contribution in [2.24, 2.45) is 5.73 Å². The lowest BCUT2D eigenvalue weighted by Gasteiger charge is -2.17. The summed E-state index contributed by atoms with van der Waals surface area (Å²) in [5, 5.41) is 12.0. The van der Waals surface area contributed by atoms with Crippen molar-refractivity contribution < 1.29 is 19.1 Å². The van der Waals surface area contributed by atoms with Gasteiger partial charge in [0, 0.05) is 11.1 Å². The van der Waals surface area contributed by atoms with E-state index in [2.05, 4.69) is 5.32 Å². The second-order valence-corrected chi connectivity index (χ2v) is 5.23. The highest BCUT2D eigenvalue weighted by atomic mass is 35.5. The van der Waals surface area contributed by atoms with Crippen LogP contribution in [0.15, 0.2) is 42.5 Å². The Morgan fingerprint density at radius 1 is 1.17 bits per heavy atom. The molecular weight excluding hydrogens is 323 g/mol. The van der Waals surface area contributed by atoms with Gasteiger partial charge in [-0.1, -0.05) is 17.7 Å². The monoisotopic (exact) mass is 336 g/mol. The maximum Gasteiger partial charge on any atom is 0.251 e. The Hall–Kier alpha value is -2.44. The summed E-state index contributed by atoms with van der Waals surface area (Å²) >= 11 is 5.61. The maximum absolute atomic E-state index is 13.5. The number of hydrogen-bond donors (Lipinski definition) is 3. The van der Waals surface area contributed by atoms with Gasteiger partial charge in [0.25, 0.3) is 5.91 Å². The molecule has 0 radical (unpaired) electrons. The summed E-state index contributed by atoms with van der Waals surface area (Å²) in [7, 11) is 0. The van der Waals surface area contributed by atoms with Gasteiger partial charge in [-0.2, -0.15) is 0 Å². The van der Waals surface area contributed by atoms with Crippen molar-refractivity contribution in [3.8, 4) is 0 Å². The lowest BCUT2D eigenvalue weighted by molar-refractivity contribution is 0.0914. The molecule has 0 spiro atoms. The molecule has 5 nitrogen and oxygen atoms in total. The molecule has 0 bridgehead atoms. The van der Waals surface area contributed by atoms with Gasteiger partial charge in [-0.3, -0.25) is 9.59 Å². The minimum Gasteiger partial charge on any atom is -0.394 e. The molecule has 1 unspecified atom stereocenters. The topological polar surface area (TPSA) is 92.4 Å². The van der Waals surface area contributed by atoms with Crippen molar-refractivity contribution in [3.05, 3.63) is 70.0 Å². The molecule has 1 atom stereocenters. The molecule has 2 aromatic carbocycles. The number of nitrogens with two attached hydrogens (primary N) is 1. The summed E-state index contributed by atoms with van der Waals surface area (Å²) in [5.74, 6) is -1.71. The predicted octanol–water partition coefficient (Wildman–Crippen LogP) is 2.04.